The van der Waals surface area contributed by atoms with Crippen molar-refractivity contribution >= 4 is 33.1 Å². The zero-order valence-electron chi connectivity index (χ0n) is 16.3. The van der Waals surface area contributed by atoms with Gasteiger partial charge in [-0.3, -0.25) is 14.2 Å². The predicted octanol–water partition coefficient (Wildman–Crippen LogP) is 4.47. The molecule has 1 N–H and O–H groups in total. The van der Waals surface area contributed by atoms with Gasteiger partial charge in [0.1, 0.15) is 22.4 Å². The lowest BCUT2D eigenvalue weighted by molar-refractivity contribution is -0.118. The van der Waals surface area contributed by atoms with E-state index >= 15 is 0 Å². The van der Waals surface area contributed by atoms with E-state index in [-0.39, 0.29) is 5.56 Å². The van der Waals surface area contributed by atoms with E-state index in [9.17, 15) is 14.0 Å². The number of amides is 1. The number of methoxy groups -OCH3 is 1. The molecule has 0 saturated heterocycles. The van der Waals surface area contributed by atoms with Gasteiger partial charge >= 0.3 is 0 Å². The first-order chi connectivity index (χ1) is 14.5. The third-order valence-corrected chi connectivity index (χ3v) is 5.72. The molecule has 2 heterocycles. The Morgan fingerprint density at radius 3 is 2.53 bits per heavy atom. The minimum Gasteiger partial charge on any atom is -0.497 e. The minimum absolute atomic E-state index is 0.297. The van der Waals surface area contributed by atoms with Crippen LogP contribution in [0.25, 0.3) is 21.3 Å². The topological polar surface area (TPSA) is 73.2 Å². The van der Waals surface area contributed by atoms with Crippen molar-refractivity contribution in [1.82, 2.24) is 9.55 Å². The van der Waals surface area contributed by atoms with Gasteiger partial charge in [0, 0.05) is 16.6 Å². The number of carbonyl (C=O) groups is 1. The summed E-state index contributed by atoms with van der Waals surface area (Å²) >= 11 is 1.37. The SMILES string of the molecule is COc1ccc(-c2csc3ncn(C(C)C(=O)Nc4ccc(F)cc4)c(=O)c23)cc1. The average molecular weight is 423 g/mol. The molecule has 0 saturated carbocycles. The first kappa shape index (κ1) is 19.8. The summed E-state index contributed by atoms with van der Waals surface area (Å²) in [6.45, 7) is 1.62. The number of ether oxygens (including phenoxy) is 1. The molecule has 152 valence electrons. The summed E-state index contributed by atoms with van der Waals surface area (Å²) in [4.78, 5) is 30.8. The van der Waals surface area contributed by atoms with Gasteiger partial charge in [0.15, 0.2) is 0 Å². The Kier molecular flexibility index (Phi) is 5.33. The van der Waals surface area contributed by atoms with Gasteiger partial charge in [0.05, 0.1) is 18.8 Å². The molecule has 4 rings (SSSR count). The molecule has 8 heteroatoms. The summed E-state index contributed by atoms with van der Waals surface area (Å²) in [5.41, 5.74) is 1.77. The Bertz CT molecular complexity index is 1260. The second-order valence-corrected chi connectivity index (χ2v) is 7.55. The normalized spacial score (nSPS) is 12.0. The number of nitrogens with zero attached hydrogens (tertiary/aromatic N) is 2. The van der Waals surface area contributed by atoms with Crippen LogP contribution < -0.4 is 15.6 Å². The number of halogens is 1. The van der Waals surface area contributed by atoms with Crippen LogP contribution in [0.15, 0.2) is 65.0 Å². The zero-order valence-corrected chi connectivity index (χ0v) is 17.1. The highest BCUT2D eigenvalue weighted by atomic mass is 32.1. The number of rotatable bonds is 5. The third-order valence-electron chi connectivity index (χ3n) is 4.83. The van der Waals surface area contributed by atoms with E-state index in [1.165, 1.54) is 46.5 Å². The predicted molar refractivity (Wildman–Crippen MR) is 116 cm³/mol. The molecular formula is C22H18FN3O3S. The van der Waals surface area contributed by atoms with E-state index in [0.717, 1.165) is 16.9 Å². The fourth-order valence-corrected chi connectivity index (χ4v) is 4.02. The molecule has 0 fully saturated rings. The van der Waals surface area contributed by atoms with E-state index in [0.29, 0.717) is 15.9 Å². The largest absolute Gasteiger partial charge is 0.497 e. The molecule has 1 unspecified atom stereocenters. The summed E-state index contributed by atoms with van der Waals surface area (Å²) in [5.74, 6) is -0.0681. The Balaban J connectivity index is 1.69. The smallest absolute Gasteiger partial charge is 0.263 e. The number of anilines is 1. The molecule has 1 amide bonds. The van der Waals surface area contributed by atoms with Crippen LogP contribution >= 0.6 is 11.3 Å². The van der Waals surface area contributed by atoms with Crippen molar-refractivity contribution < 1.29 is 13.9 Å². The molecule has 0 bridgehead atoms. The van der Waals surface area contributed by atoms with Crippen LogP contribution in [-0.4, -0.2) is 22.6 Å². The van der Waals surface area contributed by atoms with E-state index in [4.69, 9.17) is 4.74 Å². The van der Waals surface area contributed by atoms with Crippen LogP contribution in [0.3, 0.4) is 0 Å². The summed E-state index contributed by atoms with van der Waals surface area (Å²) in [6.07, 6.45) is 1.38. The molecule has 30 heavy (non-hydrogen) atoms. The fraction of sp³-hybridized carbons (Fsp3) is 0.136. The maximum Gasteiger partial charge on any atom is 0.263 e. The number of carbonyl (C=O) groups excluding carboxylic acids is 1. The second-order valence-electron chi connectivity index (χ2n) is 6.69. The highest BCUT2D eigenvalue weighted by Gasteiger charge is 2.20. The monoisotopic (exact) mass is 423 g/mol. The summed E-state index contributed by atoms with van der Waals surface area (Å²) in [6, 6.07) is 12.0. The highest BCUT2D eigenvalue weighted by molar-refractivity contribution is 7.17. The van der Waals surface area contributed by atoms with Gasteiger partial charge in [-0.05, 0) is 48.9 Å². The van der Waals surface area contributed by atoms with Gasteiger partial charge in [-0.2, -0.15) is 0 Å². The molecule has 2 aromatic carbocycles. The second kappa shape index (κ2) is 8.08. The van der Waals surface area contributed by atoms with Gasteiger partial charge in [0.25, 0.3) is 5.56 Å². The Labute approximate surface area is 175 Å². The van der Waals surface area contributed by atoms with Crippen LogP contribution in [0.2, 0.25) is 0 Å². The lowest BCUT2D eigenvalue weighted by atomic mass is 10.1. The molecule has 0 aliphatic heterocycles. The van der Waals surface area contributed by atoms with Crippen LogP contribution in [0.4, 0.5) is 10.1 Å². The average Bonchev–Trinajstić information content (AvgIpc) is 3.20. The van der Waals surface area contributed by atoms with Gasteiger partial charge in [0.2, 0.25) is 5.91 Å². The summed E-state index contributed by atoms with van der Waals surface area (Å²) in [7, 11) is 1.59. The molecular weight excluding hydrogens is 405 g/mol. The van der Waals surface area contributed by atoms with Crippen molar-refractivity contribution in [3.8, 4) is 16.9 Å². The van der Waals surface area contributed by atoms with Gasteiger partial charge in [-0.15, -0.1) is 11.3 Å². The molecule has 0 aliphatic carbocycles. The van der Waals surface area contributed by atoms with Gasteiger partial charge in [-0.1, -0.05) is 12.1 Å². The number of fused-ring (bicyclic) bond motifs is 1. The molecule has 4 aromatic rings. The lowest BCUT2D eigenvalue weighted by Gasteiger charge is -2.15. The number of benzene rings is 2. The third kappa shape index (κ3) is 3.69. The van der Waals surface area contributed by atoms with Crippen molar-refractivity contribution in [2.75, 3.05) is 12.4 Å². The fourth-order valence-electron chi connectivity index (χ4n) is 3.11. The molecule has 0 radical (unpaired) electrons. The van der Waals surface area contributed by atoms with Crippen LogP contribution in [0.5, 0.6) is 5.75 Å². The molecule has 0 aliphatic rings. The number of hydrogen-bond donors (Lipinski definition) is 1. The Morgan fingerprint density at radius 2 is 1.87 bits per heavy atom. The zero-order chi connectivity index (χ0) is 21.3. The van der Waals surface area contributed by atoms with Crippen LogP contribution in [-0.2, 0) is 4.79 Å². The first-order valence-electron chi connectivity index (χ1n) is 9.17. The Hall–Kier alpha value is -3.52. The van der Waals surface area contributed by atoms with Crippen molar-refractivity contribution in [2.45, 2.75) is 13.0 Å². The first-order valence-corrected chi connectivity index (χ1v) is 10.0. The quantitative estimate of drug-likeness (QED) is 0.514. The molecule has 6 nitrogen and oxygen atoms in total. The number of hydrogen-bond acceptors (Lipinski definition) is 5. The van der Waals surface area contributed by atoms with E-state index < -0.39 is 17.8 Å². The molecule has 1 atom stereocenters. The van der Waals surface area contributed by atoms with Crippen molar-refractivity contribution in [3.63, 3.8) is 0 Å². The number of aromatic nitrogens is 2. The number of thiophene rings is 1. The Morgan fingerprint density at radius 1 is 1.17 bits per heavy atom. The van der Waals surface area contributed by atoms with Crippen molar-refractivity contribution in [3.05, 3.63) is 76.4 Å². The van der Waals surface area contributed by atoms with Crippen molar-refractivity contribution in [2.24, 2.45) is 0 Å². The van der Waals surface area contributed by atoms with Gasteiger partial charge in [-0.25, -0.2) is 9.37 Å². The van der Waals surface area contributed by atoms with Crippen LogP contribution in [0.1, 0.15) is 13.0 Å². The maximum absolute atomic E-state index is 13.2. The van der Waals surface area contributed by atoms with E-state index in [1.54, 1.807) is 14.0 Å². The molecule has 0 spiro atoms. The van der Waals surface area contributed by atoms with Crippen LogP contribution in [0, 0.1) is 5.82 Å². The maximum atomic E-state index is 13.2. The number of nitrogens with one attached hydrogen (secondary N) is 1. The minimum atomic E-state index is -0.803. The summed E-state index contributed by atoms with van der Waals surface area (Å²) < 4.78 is 19.6. The standard InChI is InChI=1S/C22H18FN3O3S/c1-13(20(27)25-16-7-5-15(23)6-8-16)26-12-24-21-19(22(26)28)18(11-30-21)14-3-9-17(29-2)10-4-14/h3-13H,1-2H3,(H,25,27). The van der Waals surface area contributed by atoms with Crippen molar-refractivity contribution in [1.29, 1.82) is 0 Å². The van der Waals surface area contributed by atoms with Gasteiger partial charge < -0.3 is 10.1 Å². The summed E-state index contributed by atoms with van der Waals surface area (Å²) in [5, 5.41) is 5.04. The lowest BCUT2D eigenvalue weighted by Crippen LogP contribution is -2.31. The highest BCUT2D eigenvalue weighted by Crippen LogP contribution is 2.31. The van der Waals surface area contributed by atoms with E-state index in [1.807, 2.05) is 29.6 Å². The molecule has 2 aromatic heterocycles. The van der Waals surface area contributed by atoms with E-state index in [2.05, 4.69) is 10.3 Å².